The minimum absolute atomic E-state index is 0.0491. The summed E-state index contributed by atoms with van der Waals surface area (Å²) in [5.41, 5.74) is 1.23. The van der Waals surface area contributed by atoms with Gasteiger partial charge in [0, 0.05) is 38.9 Å². The first-order chi connectivity index (χ1) is 15.1. The van der Waals surface area contributed by atoms with Gasteiger partial charge in [0.25, 0.3) is 5.91 Å². The van der Waals surface area contributed by atoms with Crippen LogP contribution in [0, 0.1) is 5.82 Å². The molecule has 172 valence electrons. The van der Waals surface area contributed by atoms with Crippen LogP contribution in [-0.2, 0) is 21.1 Å². The molecule has 1 heterocycles. The Morgan fingerprint density at radius 1 is 1.12 bits per heavy atom. The maximum Gasteiger partial charge on any atom is 0.257 e. The molecule has 1 saturated heterocycles. The van der Waals surface area contributed by atoms with Gasteiger partial charge in [-0.2, -0.15) is 0 Å². The summed E-state index contributed by atoms with van der Waals surface area (Å²) in [6.07, 6.45) is 1.79. The summed E-state index contributed by atoms with van der Waals surface area (Å²) in [6, 6.07) is 9.02. The van der Waals surface area contributed by atoms with Gasteiger partial charge in [-0.1, -0.05) is 6.07 Å². The van der Waals surface area contributed by atoms with Crippen molar-refractivity contribution in [1.29, 1.82) is 0 Å². The van der Waals surface area contributed by atoms with E-state index in [2.05, 4.69) is 0 Å². The fraction of sp³-hybridized carbons (Fsp3) is 0.391. The van der Waals surface area contributed by atoms with Gasteiger partial charge >= 0.3 is 0 Å². The third-order valence-electron chi connectivity index (χ3n) is 5.21. The fourth-order valence-corrected chi connectivity index (χ4v) is 4.26. The fourth-order valence-electron chi connectivity index (χ4n) is 3.61. The maximum atomic E-state index is 14.5. The lowest BCUT2D eigenvalue weighted by atomic mass is 10.1. The first-order valence-corrected chi connectivity index (χ1v) is 12.3. The molecule has 0 N–H and O–H groups in total. The van der Waals surface area contributed by atoms with Gasteiger partial charge in [-0.3, -0.25) is 4.79 Å². The number of aldehydes is 1. The standard InChI is InChI=1S/C23H27FN2O5S/c1-16(2)31-22-7-5-18(32(3,29)30)15-19(22)23(28)26-11-9-25(10-12-26)21-6-4-17(8-13-27)14-20(21)24/h4-7,13-16H,8-12H2,1-3H3. The second-order valence-electron chi connectivity index (χ2n) is 8.03. The van der Waals surface area contributed by atoms with Gasteiger partial charge in [-0.05, 0) is 49.7 Å². The second-order valence-corrected chi connectivity index (χ2v) is 10.0. The van der Waals surface area contributed by atoms with E-state index in [1.54, 1.807) is 17.0 Å². The Hall–Kier alpha value is -2.94. The van der Waals surface area contributed by atoms with Crippen molar-refractivity contribution in [3.05, 3.63) is 53.3 Å². The first kappa shape index (κ1) is 23.7. The predicted octanol–water partition coefficient (Wildman–Crippen LogP) is 2.72. The van der Waals surface area contributed by atoms with Gasteiger partial charge in [-0.25, -0.2) is 12.8 Å². The highest BCUT2D eigenvalue weighted by Gasteiger charge is 2.27. The molecule has 0 spiro atoms. The molecule has 0 radical (unpaired) electrons. The van der Waals surface area contributed by atoms with E-state index in [9.17, 15) is 22.4 Å². The van der Waals surface area contributed by atoms with Crippen LogP contribution in [0.25, 0.3) is 0 Å². The monoisotopic (exact) mass is 462 g/mol. The van der Waals surface area contributed by atoms with Crippen LogP contribution in [0.1, 0.15) is 29.8 Å². The minimum Gasteiger partial charge on any atom is -0.490 e. The Labute approximate surface area is 187 Å². The molecule has 0 unspecified atom stereocenters. The largest absolute Gasteiger partial charge is 0.490 e. The lowest BCUT2D eigenvalue weighted by Crippen LogP contribution is -2.49. The Morgan fingerprint density at radius 3 is 2.38 bits per heavy atom. The summed E-state index contributed by atoms with van der Waals surface area (Å²) in [5.74, 6) is -0.401. The van der Waals surface area contributed by atoms with Crippen LogP contribution in [0.3, 0.4) is 0 Å². The van der Waals surface area contributed by atoms with Crippen molar-refractivity contribution >= 4 is 27.7 Å². The molecule has 0 atom stereocenters. The van der Waals surface area contributed by atoms with Gasteiger partial charge in [0.05, 0.1) is 22.3 Å². The molecule has 1 aliphatic heterocycles. The molecule has 2 aromatic rings. The van der Waals surface area contributed by atoms with Crippen molar-refractivity contribution in [3.63, 3.8) is 0 Å². The summed E-state index contributed by atoms with van der Waals surface area (Å²) < 4.78 is 44.2. The van der Waals surface area contributed by atoms with Crippen LogP contribution >= 0.6 is 0 Å². The number of rotatable bonds is 7. The van der Waals surface area contributed by atoms with Crippen LogP contribution < -0.4 is 9.64 Å². The summed E-state index contributed by atoms with van der Waals surface area (Å²) >= 11 is 0. The number of ether oxygens (including phenoxy) is 1. The molecule has 3 rings (SSSR count). The SMILES string of the molecule is CC(C)Oc1ccc(S(C)(=O)=O)cc1C(=O)N1CCN(c2ccc(CC=O)cc2F)CC1. The van der Waals surface area contributed by atoms with Crippen molar-refractivity contribution in [3.8, 4) is 5.75 Å². The van der Waals surface area contributed by atoms with Crippen molar-refractivity contribution in [2.45, 2.75) is 31.3 Å². The first-order valence-electron chi connectivity index (χ1n) is 10.4. The smallest absolute Gasteiger partial charge is 0.257 e. The highest BCUT2D eigenvalue weighted by Crippen LogP contribution is 2.27. The third kappa shape index (κ3) is 5.45. The lowest BCUT2D eigenvalue weighted by Gasteiger charge is -2.36. The predicted molar refractivity (Wildman–Crippen MR) is 120 cm³/mol. The van der Waals surface area contributed by atoms with E-state index in [1.807, 2.05) is 18.7 Å². The van der Waals surface area contributed by atoms with Gasteiger partial charge in [0.1, 0.15) is 17.9 Å². The van der Waals surface area contributed by atoms with Gasteiger partial charge in [0.2, 0.25) is 0 Å². The van der Waals surface area contributed by atoms with E-state index in [0.29, 0.717) is 43.2 Å². The lowest BCUT2D eigenvalue weighted by molar-refractivity contribution is -0.107. The molecule has 9 heteroatoms. The molecule has 0 aliphatic carbocycles. The molecule has 2 aromatic carbocycles. The van der Waals surface area contributed by atoms with E-state index in [1.165, 1.54) is 24.3 Å². The third-order valence-corrected chi connectivity index (χ3v) is 6.32. The van der Waals surface area contributed by atoms with Crippen LogP contribution in [0.2, 0.25) is 0 Å². The van der Waals surface area contributed by atoms with E-state index < -0.39 is 15.7 Å². The average molecular weight is 463 g/mol. The summed E-state index contributed by atoms with van der Waals surface area (Å²) in [6.45, 7) is 5.18. The number of halogens is 1. The van der Waals surface area contributed by atoms with Crippen LogP contribution in [-0.4, -0.2) is 64.0 Å². The summed E-state index contributed by atoms with van der Waals surface area (Å²) in [5, 5.41) is 0. The Balaban J connectivity index is 1.78. The van der Waals surface area contributed by atoms with Crippen LogP contribution in [0.15, 0.2) is 41.3 Å². The van der Waals surface area contributed by atoms with Crippen LogP contribution in [0.5, 0.6) is 5.75 Å². The molecule has 0 aromatic heterocycles. The number of sulfone groups is 1. The number of hydrogen-bond acceptors (Lipinski definition) is 6. The van der Waals surface area contributed by atoms with E-state index >= 15 is 0 Å². The number of hydrogen-bond donors (Lipinski definition) is 0. The van der Waals surface area contributed by atoms with E-state index in [-0.39, 0.29) is 28.9 Å². The van der Waals surface area contributed by atoms with Crippen molar-refractivity contribution in [2.75, 3.05) is 37.3 Å². The molecular weight excluding hydrogens is 435 g/mol. The summed E-state index contributed by atoms with van der Waals surface area (Å²) in [7, 11) is -3.49. The van der Waals surface area contributed by atoms with Crippen molar-refractivity contribution < 1.29 is 27.1 Å². The quantitative estimate of drug-likeness (QED) is 0.589. The van der Waals surface area contributed by atoms with E-state index in [4.69, 9.17) is 4.74 Å². The maximum absolute atomic E-state index is 14.5. The number of amides is 1. The Morgan fingerprint density at radius 2 is 1.81 bits per heavy atom. The molecule has 0 saturated carbocycles. The number of benzene rings is 2. The molecular formula is C23H27FN2O5S. The van der Waals surface area contributed by atoms with Gasteiger partial charge < -0.3 is 19.3 Å². The minimum atomic E-state index is -3.49. The zero-order valence-electron chi connectivity index (χ0n) is 18.4. The highest BCUT2D eigenvalue weighted by atomic mass is 32.2. The molecule has 1 amide bonds. The van der Waals surface area contributed by atoms with Crippen molar-refractivity contribution in [2.24, 2.45) is 0 Å². The highest BCUT2D eigenvalue weighted by molar-refractivity contribution is 7.90. The Kier molecular flexibility index (Phi) is 7.18. The Bertz CT molecular complexity index is 1110. The molecule has 32 heavy (non-hydrogen) atoms. The number of carbonyl (C=O) groups excluding carboxylic acids is 2. The van der Waals surface area contributed by atoms with Crippen molar-refractivity contribution in [1.82, 2.24) is 4.90 Å². The molecule has 7 nitrogen and oxygen atoms in total. The second kappa shape index (κ2) is 9.68. The van der Waals surface area contributed by atoms with Gasteiger partial charge in [0.15, 0.2) is 9.84 Å². The topological polar surface area (TPSA) is 84.0 Å². The normalized spacial score (nSPS) is 14.5. The zero-order valence-corrected chi connectivity index (χ0v) is 19.2. The average Bonchev–Trinajstić information content (AvgIpc) is 2.73. The number of piperazine rings is 1. The number of carbonyl (C=O) groups is 2. The number of anilines is 1. The van der Waals surface area contributed by atoms with Gasteiger partial charge in [-0.15, -0.1) is 0 Å². The zero-order chi connectivity index (χ0) is 23.5. The molecule has 0 bridgehead atoms. The van der Waals surface area contributed by atoms with Crippen LogP contribution in [0.4, 0.5) is 10.1 Å². The van der Waals surface area contributed by atoms with E-state index in [0.717, 1.165) is 12.5 Å². The molecule has 1 fully saturated rings. The summed E-state index contributed by atoms with van der Waals surface area (Å²) in [4.78, 5) is 27.4. The molecule has 1 aliphatic rings. The number of nitrogens with zero attached hydrogens (tertiary/aromatic N) is 2.